The number of carbonyl (C=O) groups excluding carboxylic acids is 4. The van der Waals surface area contributed by atoms with Gasteiger partial charge in [-0.15, -0.1) is 0 Å². The molecule has 1 aliphatic carbocycles. The molecule has 13 heteroatoms. The lowest BCUT2D eigenvalue weighted by Gasteiger charge is -2.37. The molecule has 4 aliphatic rings. The number of rotatable bonds is 10. The molecule has 6 N–H and O–H groups in total. The second-order valence-corrected chi connectivity index (χ2v) is 14.9. The molecule has 0 bridgehead atoms. The number of piperazine rings is 1. The molecular formula is C38H55N9O4. The van der Waals surface area contributed by atoms with Gasteiger partial charge in [-0.2, -0.15) is 0 Å². The highest BCUT2D eigenvalue weighted by atomic mass is 16.2. The van der Waals surface area contributed by atoms with Gasteiger partial charge in [0.25, 0.3) is 11.8 Å². The number of nitrogens with two attached hydrogens (primary N) is 2. The van der Waals surface area contributed by atoms with Crippen LogP contribution >= 0.6 is 0 Å². The first kappa shape index (κ1) is 36.3. The third kappa shape index (κ3) is 8.69. The van der Waals surface area contributed by atoms with E-state index in [1.54, 1.807) is 17.1 Å². The number of hydrogen-bond donors (Lipinski definition) is 4. The first-order chi connectivity index (χ1) is 24.6. The summed E-state index contributed by atoms with van der Waals surface area (Å²) in [6.07, 6.45) is 14.4. The Balaban J connectivity index is 0.978. The van der Waals surface area contributed by atoms with Crippen LogP contribution < -0.4 is 27.0 Å². The average molecular weight is 702 g/mol. The minimum Gasteiger partial charge on any atom is -0.394 e. The van der Waals surface area contributed by atoms with Crippen molar-refractivity contribution in [2.75, 3.05) is 57.3 Å². The van der Waals surface area contributed by atoms with Crippen LogP contribution in [0.25, 0.3) is 10.9 Å². The lowest BCUT2D eigenvalue weighted by Crippen LogP contribution is -2.50. The Morgan fingerprint density at radius 1 is 0.922 bits per heavy atom. The van der Waals surface area contributed by atoms with E-state index in [0.29, 0.717) is 36.1 Å². The molecule has 5 amide bonds. The molecule has 1 aromatic carbocycles. The van der Waals surface area contributed by atoms with Gasteiger partial charge >= 0.3 is 6.03 Å². The SMILES string of the molecule is CC(C)n1ccc2c(N3CCC(=O)NC3=O)cc(C(=O)N3CCN(CCC4CCN(/C(N)=C/C=C(\N)C(=O)NC5CCCCC5)CC4)CC3)cc21. The van der Waals surface area contributed by atoms with E-state index in [9.17, 15) is 19.2 Å². The summed E-state index contributed by atoms with van der Waals surface area (Å²) >= 11 is 0. The molecule has 0 radical (unpaired) electrons. The first-order valence-electron chi connectivity index (χ1n) is 18.8. The van der Waals surface area contributed by atoms with Crippen molar-refractivity contribution >= 4 is 40.3 Å². The molecule has 0 spiro atoms. The molecule has 51 heavy (non-hydrogen) atoms. The second kappa shape index (κ2) is 16.2. The fourth-order valence-corrected chi connectivity index (χ4v) is 7.91. The summed E-state index contributed by atoms with van der Waals surface area (Å²) in [4.78, 5) is 59.1. The standard InChI is InChI=1S/C38H55N9O4/c1-26(2)46-18-13-30-32(46)24-28(25-33(30)47-19-14-35(48)42-38(47)51)37(50)45-22-20-43(21-23-45)15-10-27-11-16-44(17-12-27)34(40)9-8-31(39)36(49)41-29-6-4-3-5-7-29/h8-9,13,18,24-27,29H,3-7,10-12,14-17,19-23,39-40H2,1-2H3,(H,41,49)(H,42,48,51)/b31-8-,34-9+. The van der Waals surface area contributed by atoms with E-state index in [4.69, 9.17) is 11.5 Å². The van der Waals surface area contributed by atoms with Gasteiger partial charge in [0.05, 0.1) is 22.7 Å². The fourth-order valence-electron chi connectivity index (χ4n) is 7.91. The van der Waals surface area contributed by atoms with E-state index in [0.717, 1.165) is 88.6 Å². The zero-order chi connectivity index (χ0) is 36.1. The van der Waals surface area contributed by atoms with Crippen molar-refractivity contribution in [2.45, 2.75) is 83.7 Å². The van der Waals surface area contributed by atoms with E-state index < -0.39 is 6.03 Å². The Morgan fingerprint density at radius 2 is 1.65 bits per heavy atom. The smallest absolute Gasteiger partial charge is 0.328 e. The van der Waals surface area contributed by atoms with Gasteiger partial charge in [-0.25, -0.2) is 4.79 Å². The number of fused-ring (bicyclic) bond motifs is 1. The zero-order valence-electron chi connectivity index (χ0n) is 30.2. The minimum absolute atomic E-state index is 0.0396. The Bertz CT molecular complexity index is 1660. The lowest BCUT2D eigenvalue weighted by molar-refractivity contribution is -0.120. The van der Waals surface area contributed by atoms with Crippen molar-refractivity contribution in [1.29, 1.82) is 0 Å². The molecular weight excluding hydrogens is 646 g/mol. The normalized spacial score (nSPS) is 20.7. The van der Waals surface area contributed by atoms with Crippen LogP contribution in [0.4, 0.5) is 10.5 Å². The van der Waals surface area contributed by atoms with Crippen molar-refractivity contribution in [3.63, 3.8) is 0 Å². The van der Waals surface area contributed by atoms with Crippen LogP contribution in [0.1, 0.15) is 88.0 Å². The minimum atomic E-state index is -0.457. The molecule has 276 valence electrons. The lowest BCUT2D eigenvalue weighted by atomic mass is 9.93. The highest BCUT2D eigenvalue weighted by molar-refractivity contribution is 6.11. The molecule has 2 aromatic rings. The van der Waals surface area contributed by atoms with Crippen molar-refractivity contribution < 1.29 is 19.2 Å². The third-order valence-electron chi connectivity index (χ3n) is 11.1. The van der Waals surface area contributed by atoms with Crippen LogP contribution in [0.3, 0.4) is 0 Å². The highest BCUT2D eigenvalue weighted by Gasteiger charge is 2.30. The van der Waals surface area contributed by atoms with Crippen LogP contribution in [0.15, 0.2) is 48.1 Å². The molecule has 0 unspecified atom stereocenters. The maximum Gasteiger partial charge on any atom is 0.328 e. The molecule has 3 aliphatic heterocycles. The van der Waals surface area contributed by atoms with E-state index in [-0.39, 0.29) is 48.5 Å². The predicted molar refractivity (Wildman–Crippen MR) is 199 cm³/mol. The van der Waals surface area contributed by atoms with Crippen LogP contribution in [0, 0.1) is 5.92 Å². The number of piperidine rings is 1. The van der Waals surface area contributed by atoms with Crippen LogP contribution in [-0.2, 0) is 9.59 Å². The molecule has 0 atom stereocenters. The number of allylic oxidation sites excluding steroid dienone is 2. The summed E-state index contributed by atoms with van der Waals surface area (Å²) in [5.41, 5.74) is 14.7. The number of likely N-dealkylation sites (tertiary alicyclic amines) is 1. The number of aromatic nitrogens is 1. The van der Waals surface area contributed by atoms with Gasteiger partial charge in [-0.1, -0.05) is 19.3 Å². The summed E-state index contributed by atoms with van der Waals surface area (Å²) in [6.45, 7) is 10.1. The van der Waals surface area contributed by atoms with Gasteiger partial charge in [0.1, 0.15) is 0 Å². The largest absolute Gasteiger partial charge is 0.394 e. The molecule has 1 aromatic heterocycles. The number of carbonyl (C=O) groups is 4. The van der Waals surface area contributed by atoms with Gasteiger partial charge in [-0.3, -0.25) is 29.5 Å². The van der Waals surface area contributed by atoms with E-state index >= 15 is 0 Å². The topological polar surface area (TPSA) is 162 Å². The number of urea groups is 1. The van der Waals surface area contributed by atoms with Crippen molar-refractivity contribution in [3.8, 4) is 0 Å². The molecule has 4 heterocycles. The Morgan fingerprint density at radius 3 is 2.33 bits per heavy atom. The summed E-state index contributed by atoms with van der Waals surface area (Å²) in [7, 11) is 0. The Kier molecular flexibility index (Phi) is 11.5. The Hall–Kier alpha value is -4.52. The maximum atomic E-state index is 13.9. The van der Waals surface area contributed by atoms with E-state index in [2.05, 4.69) is 38.8 Å². The number of benzene rings is 1. The molecule has 4 fully saturated rings. The van der Waals surface area contributed by atoms with Gasteiger partial charge in [0, 0.05) is 81.5 Å². The van der Waals surface area contributed by atoms with Crippen molar-refractivity contribution in [3.05, 3.63) is 53.6 Å². The van der Waals surface area contributed by atoms with Gasteiger partial charge < -0.3 is 31.2 Å². The van der Waals surface area contributed by atoms with Crippen molar-refractivity contribution in [2.24, 2.45) is 17.4 Å². The average Bonchev–Trinajstić information content (AvgIpc) is 3.58. The van der Waals surface area contributed by atoms with Gasteiger partial charge in [0.2, 0.25) is 5.91 Å². The monoisotopic (exact) mass is 701 g/mol. The second-order valence-electron chi connectivity index (χ2n) is 14.9. The summed E-state index contributed by atoms with van der Waals surface area (Å²) in [6, 6.07) is 5.66. The van der Waals surface area contributed by atoms with Crippen LogP contribution in [-0.4, -0.2) is 101 Å². The molecule has 1 saturated carbocycles. The van der Waals surface area contributed by atoms with Crippen LogP contribution in [0.2, 0.25) is 0 Å². The highest BCUT2D eigenvalue weighted by Crippen LogP contribution is 2.33. The molecule has 3 saturated heterocycles. The number of nitrogens with zero attached hydrogens (tertiary/aromatic N) is 5. The summed E-state index contributed by atoms with van der Waals surface area (Å²) < 4.78 is 2.11. The first-order valence-corrected chi connectivity index (χ1v) is 18.8. The Labute approximate surface area is 301 Å². The number of hydrogen-bond acceptors (Lipinski definition) is 8. The quantitative estimate of drug-likeness (QED) is 0.216. The van der Waals surface area contributed by atoms with Gasteiger partial charge in [0.15, 0.2) is 0 Å². The fraction of sp³-hybridized carbons (Fsp3) is 0.579. The molecule has 13 nitrogen and oxygen atoms in total. The number of anilines is 1. The van der Waals surface area contributed by atoms with E-state index in [1.807, 2.05) is 29.3 Å². The number of nitrogens with one attached hydrogen (secondary N) is 2. The molecule has 6 rings (SSSR count). The number of amides is 5. The van der Waals surface area contributed by atoms with Crippen LogP contribution in [0.5, 0.6) is 0 Å². The van der Waals surface area contributed by atoms with E-state index in [1.165, 1.54) is 6.42 Å². The van der Waals surface area contributed by atoms with Crippen molar-refractivity contribution in [1.82, 2.24) is 29.9 Å². The zero-order valence-corrected chi connectivity index (χ0v) is 30.2. The maximum absolute atomic E-state index is 13.9. The summed E-state index contributed by atoms with van der Waals surface area (Å²) in [5.74, 6) is 0.709. The predicted octanol–water partition coefficient (Wildman–Crippen LogP) is 3.62. The van der Waals surface area contributed by atoms with Gasteiger partial charge in [-0.05, 0) is 88.8 Å². The summed E-state index contributed by atoms with van der Waals surface area (Å²) in [5, 5.41) is 6.35. The number of imide groups is 1. The third-order valence-corrected chi connectivity index (χ3v) is 11.1.